The zero-order valence-electron chi connectivity index (χ0n) is 11.8. The van der Waals surface area contributed by atoms with Gasteiger partial charge in [-0.2, -0.15) is 0 Å². The lowest BCUT2D eigenvalue weighted by atomic mass is 9.95. The highest BCUT2D eigenvalue weighted by Gasteiger charge is 2.31. The van der Waals surface area contributed by atoms with Gasteiger partial charge in [-0.3, -0.25) is 9.59 Å². The summed E-state index contributed by atoms with van der Waals surface area (Å²) in [6.07, 6.45) is 4.45. The molecule has 1 aromatic heterocycles. The van der Waals surface area contributed by atoms with E-state index in [1.807, 2.05) is 0 Å². The van der Waals surface area contributed by atoms with Gasteiger partial charge in [-0.25, -0.2) is 0 Å². The third-order valence-electron chi connectivity index (χ3n) is 3.75. The lowest BCUT2D eigenvalue weighted by Gasteiger charge is -2.17. The van der Waals surface area contributed by atoms with Crippen molar-refractivity contribution in [3.05, 3.63) is 24.2 Å². The first kappa shape index (κ1) is 17.5. The van der Waals surface area contributed by atoms with Crippen LogP contribution < -0.4 is 16.4 Å². The van der Waals surface area contributed by atoms with Crippen molar-refractivity contribution in [2.24, 2.45) is 17.6 Å². The SMILES string of the molecule is Cl.NC[C@H]1CCC[C@H]1C(=O)NCCNC(=O)c1ccco1. The molecule has 0 radical (unpaired) electrons. The van der Waals surface area contributed by atoms with Crippen LogP contribution in [0.2, 0.25) is 0 Å². The minimum absolute atomic E-state index is 0. The number of furan rings is 1. The van der Waals surface area contributed by atoms with Crippen molar-refractivity contribution in [2.75, 3.05) is 19.6 Å². The summed E-state index contributed by atoms with van der Waals surface area (Å²) in [6.45, 7) is 1.36. The number of hydrogen-bond donors (Lipinski definition) is 3. The first-order valence-corrected chi connectivity index (χ1v) is 7.02. The largest absolute Gasteiger partial charge is 0.459 e. The molecule has 2 atom stereocenters. The standard InChI is InChI=1S/C14H21N3O3.ClH/c15-9-10-3-1-4-11(10)13(18)16-6-7-17-14(19)12-5-2-8-20-12;/h2,5,8,10-11H,1,3-4,6-7,9,15H2,(H,16,18)(H,17,19);1H/t10-,11-;/m1./s1. The van der Waals surface area contributed by atoms with Crippen molar-refractivity contribution in [1.29, 1.82) is 0 Å². The smallest absolute Gasteiger partial charge is 0.287 e. The Hall–Kier alpha value is -1.53. The molecule has 118 valence electrons. The predicted octanol–water partition coefficient (Wildman–Crippen LogP) is 0.922. The third-order valence-corrected chi connectivity index (χ3v) is 3.75. The molecule has 1 heterocycles. The first-order chi connectivity index (χ1) is 9.72. The van der Waals surface area contributed by atoms with Gasteiger partial charge in [0.2, 0.25) is 5.91 Å². The van der Waals surface area contributed by atoms with Crippen LogP contribution in [0.25, 0.3) is 0 Å². The highest BCUT2D eigenvalue weighted by atomic mass is 35.5. The second-order valence-electron chi connectivity index (χ2n) is 5.06. The average molecular weight is 316 g/mol. The molecule has 7 heteroatoms. The molecular formula is C14H22ClN3O3. The van der Waals surface area contributed by atoms with E-state index in [2.05, 4.69) is 10.6 Å². The van der Waals surface area contributed by atoms with Gasteiger partial charge in [0.25, 0.3) is 5.91 Å². The van der Waals surface area contributed by atoms with E-state index in [0.717, 1.165) is 19.3 Å². The van der Waals surface area contributed by atoms with Gasteiger partial charge in [0, 0.05) is 19.0 Å². The molecule has 0 aromatic carbocycles. The van der Waals surface area contributed by atoms with Crippen molar-refractivity contribution in [3.63, 3.8) is 0 Å². The van der Waals surface area contributed by atoms with Crippen molar-refractivity contribution in [1.82, 2.24) is 10.6 Å². The lowest BCUT2D eigenvalue weighted by molar-refractivity contribution is -0.125. The molecule has 6 nitrogen and oxygen atoms in total. The van der Waals surface area contributed by atoms with Gasteiger partial charge in [-0.15, -0.1) is 12.4 Å². The second-order valence-corrected chi connectivity index (χ2v) is 5.06. The molecule has 1 saturated carbocycles. The summed E-state index contributed by atoms with van der Waals surface area (Å²) in [7, 11) is 0. The summed E-state index contributed by atoms with van der Waals surface area (Å²) in [5.41, 5.74) is 5.66. The van der Waals surface area contributed by atoms with Gasteiger partial charge < -0.3 is 20.8 Å². The number of hydrogen-bond acceptors (Lipinski definition) is 4. The van der Waals surface area contributed by atoms with Crippen molar-refractivity contribution >= 4 is 24.2 Å². The zero-order chi connectivity index (χ0) is 14.4. The maximum atomic E-state index is 12.0. The fourth-order valence-corrected chi connectivity index (χ4v) is 2.65. The Morgan fingerprint density at radius 1 is 1.29 bits per heavy atom. The number of halogens is 1. The first-order valence-electron chi connectivity index (χ1n) is 7.02. The summed E-state index contributed by atoms with van der Waals surface area (Å²) < 4.78 is 4.97. The van der Waals surface area contributed by atoms with E-state index in [-0.39, 0.29) is 35.9 Å². The molecule has 1 aromatic rings. The molecule has 0 saturated heterocycles. The summed E-state index contributed by atoms with van der Waals surface area (Å²) >= 11 is 0. The molecule has 0 spiro atoms. The Labute approximate surface area is 130 Å². The van der Waals surface area contributed by atoms with Gasteiger partial charge in [0.05, 0.1) is 6.26 Å². The Kier molecular flexibility index (Phi) is 7.25. The van der Waals surface area contributed by atoms with Gasteiger partial charge in [0.15, 0.2) is 5.76 Å². The Bertz CT molecular complexity index is 450. The van der Waals surface area contributed by atoms with E-state index in [4.69, 9.17) is 10.2 Å². The molecule has 1 aliphatic carbocycles. The van der Waals surface area contributed by atoms with Crippen molar-refractivity contribution in [2.45, 2.75) is 19.3 Å². The maximum absolute atomic E-state index is 12.0. The van der Waals surface area contributed by atoms with Crippen LogP contribution in [-0.4, -0.2) is 31.4 Å². The molecule has 0 unspecified atom stereocenters. The van der Waals surface area contributed by atoms with Gasteiger partial charge in [-0.05, 0) is 37.4 Å². The van der Waals surface area contributed by atoms with Crippen molar-refractivity contribution < 1.29 is 14.0 Å². The second kappa shape index (κ2) is 8.69. The van der Waals surface area contributed by atoms with Crippen LogP contribution in [0.1, 0.15) is 29.8 Å². The van der Waals surface area contributed by atoms with Gasteiger partial charge >= 0.3 is 0 Å². The quantitative estimate of drug-likeness (QED) is 0.680. The van der Waals surface area contributed by atoms with E-state index in [0.29, 0.717) is 25.6 Å². The summed E-state index contributed by atoms with van der Waals surface area (Å²) in [5, 5.41) is 5.53. The molecule has 0 aliphatic heterocycles. The number of carbonyl (C=O) groups is 2. The minimum Gasteiger partial charge on any atom is -0.459 e. The molecule has 4 N–H and O–H groups in total. The normalized spacial score (nSPS) is 20.6. The minimum atomic E-state index is -0.273. The number of carbonyl (C=O) groups excluding carboxylic acids is 2. The topological polar surface area (TPSA) is 97.4 Å². The van der Waals surface area contributed by atoms with Crippen LogP contribution in [0.4, 0.5) is 0 Å². The Balaban J connectivity index is 0.00000220. The fraction of sp³-hybridized carbons (Fsp3) is 0.571. The van der Waals surface area contributed by atoms with E-state index >= 15 is 0 Å². The van der Waals surface area contributed by atoms with Crippen molar-refractivity contribution in [3.8, 4) is 0 Å². The van der Waals surface area contributed by atoms with Crippen LogP contribution in [-0.2, 0) is 4.79 Å². The lowest BCUT2D eigenvalue weighted by Crippen LogP contribution is -2.39. The average Bonchev–Trinajstić information content (AvgIpc) is 3.12. The van der Waals surface area contributed by atoms with Crippen LogP contribution in [0.15, 0.2) is 22.8 Å². The summed E-state index contributed by atoms with van der Waals surface area (Å²) in [4.78, 5) is 23.6. The van der Waals surface area contributed by atoms with Crippen LogP contribution in [0.3, 0.4) is 0 Å². The molecule has 2 amide bonds. The third kappa shape index (κ3) is 4.75. The van der Waals surface area contributed by atoms with Gasteiger partial charge in [-0.1, -0.05) is 6.42 Å². The van der Waals surface area contributed by atoms with Crippen LogP contribution in [0, 0.1) is 11.8 Å². The number of rotatable bonds is 6. The summed E-state index contributed by atoms with van der Waals surface area (Å²) in [6, 6.07) is 3.25. The van der Waals surface area contributed by atoms with E-state index < -0.39 is 0 Å². The molecule has 1 aliphatic rings. The highest BCUT2D eigenvalue weighted by molar-refractivity contribution is 5.91. The molecule has 21 heavy (non-hydrogen) atoms. The molecule has 1 fully saturated rings. The fourth-order valence-electron chi connectivity index (χ4n) is 2.65. The van der Waals surface area contributed by atoms with Gasteiger partial charge in [0.1, 0.15) is 0 Å². The van der Waals surface area contributed by atoms with E-state index in [1.165, 1.54) is 6.26 Å². The molecule has 0 bridgehead atoms. The zero-order valence-corrected chi connectivity index (χ0v) is 12.7. The molecular weight excluding hydrogens is 294 g/mol. The van der Waals surface area contributed by atoms with Crippen LogP contribution >= 0.6 is 12.4 Å². The summed E-state index contributed by atoms with van der Waals surface area (Å²) in [5.74, 6) is 0.374. The monoisotopic (exact) mass is 315 g/mol. The Morgan fingerprint density at radius 2 is 2.05 bits per heavy atom. The molecule has 2 rings (SSSR count). The van der Waals surface area contributed by atoms with E-state index in [1.54, 1.807) is 12.1 Å². The van der Waals surface area contributed by atoms with Crippen LogP contribution in [0.5, 0.6) is 0 Å². The van der Waals surface area contributed by atoms with E-state index in [9.17, 15) is 9.59 Å². The maximum Gasteiger partial charge on any atom is 0.287 e. The number of nitrogens with one attached hydrogen (secondary N) is 2. The highest BCUT2D eigenvalue weighted by Crippen LogP contribution is 2.30. The number of amides is 2. The predicted molar refractivity (Wildman–Crippen MR) is 81.2 cm³/mol. The number of nitrogens with two attached hydrogens (primary N) is 1. The Morgan fingerprint density at radius 3 is 2.71 bits per heavy atom.